The second kappa shape index (κ2) is 5.43. The largest absolute Gasteiger partial charge is 0.435 e. The van der Waals surface area contributed by atoms with Crippen molar-refractivity contribution >= 4 is 0 Å². The van der Waals surface area contributed by atoms with E-state index in [2.05, 4.69) is 15.6 Å². The molecule has 0 atom stereocenters. The molecule has 0 radical (unpaired) electrons. The topological polar surface area (TPSA) is 55.9 Å². The van der Waals surface area contributed by atoms with Crippen molar-refractivity contribution in [2.75, 3.05) is 6.54 Å². The van der Waals surface area contributed by atoms with Crippen LogP contribution in [0.15, 0.2) is 22.9 Å². The van der Waals surface area contributed by atoms with Crippen LogP contribution < -0.4 is 5.32 Å². The summed E-state index contributed by atoms with van der Waals surface area (Å²) < 4.78 is 43.3. The van der Waals surface area contributed by atoms with Crippen molar-refractivity contribution in [3.8, 4) is 0 Å². The molecule has 19 heavy (non-hydrogen) atoms. The van der Waals surface area contributed by atoms with Crippen LogP contribution in [0.5, 0.6) is 0 Å². The second-order valence-corrected chi connectivity index (χ2v) is 3.96. The third-order valence-electron chi connectivity index (χ3n) is 2.41. The van der Waals surface area contributed by atoms with Crippen molar-refractivity contribution in [1.82, 2.24) is 20.3 Å². The average Bonchev–Trinajstić information content (AvgIpc) is 2.95. The Labute approximate surface area is 107 Å². The molecular formula is C11H13F3N4O. The third-order valence-corrected chi connectivity index (χ3v) is 2.41. The summed E-state index contributed by atoms with van der Waals surface area (Å²) in [6.45, 7) is 3.45. The van der Waals surface area contributed by atoms with Gasteiger partial charge < -0.3 is 9.84 Å². The monoisotopic (exact) mass is 274 g/mol. The SMILES string of the molecule is CCNCc1cc(Cn2ccc(C(F)(F)F)n2)on1. The molecule has 0 spiro atoms. The fourth-order valence-electron chi connectivity index (χ4n) is 1.53. The fourth-order valence-corrected chi connectivity index (χ4v) is 1.53. The first-order valence-corrected chi connectivity index (χ1v) is 5.75. The van der Waals surface area contributed by atoms with E-state index in [1.165, 1.54) is 10.9 Å². The van der Waals surface area contributed by atoms with Crippen LogP contribution in [-0.4, -0.2) is 21.5 Å². The number of nitrogens with zero attached hydrogens (tertiary/aromatic N) is 3. The highest BCUT2D eigenvalue weighted by Crippen LogP contribution is 2.27. The van der Waals surface area contributed by atoms with Gasteiger partial charge in [0.2, 0.25) is 0 Å². The molecule has 0 saturated carbocycles. The van der Waals surface area contributed by atoms with E-state index in [0.29, 0.717) is 18.0 Å². The van der Waals surface area contributed by atoms with Gasteiger partial charge in [0.1, 0.15) is 6.54 Å². The minimum Gasteiger partial charge on any atom is -0.359 e. The van der Waals surface area contributed by atoms with Gasteiger partial charge in [0.25, 0.3) is 0 Å². The lowest BCUT2D eigenvalue weighted by molar-refractivity contribution is -0.141. The van der Waals surface area contributed by atoms with Gasteiger partial charge in [0.15, 0.2) is 11.5 Å². The molecule has 5 nitrogen and oxygen atoms in total. The van der Waals surface area contributed by atoms with Crippen molar-refractivity contribution in [1.29, 1.82) is 0 Å². The molecule has 0 saturated heterocycles. The summed E-state index contributed by atoms with van der Waals surface area (Å²) in [5, 5.41) is 10.3. The van der Waals surface area contributed by atoms with Gasteiger partial charge in [-0.3, -0.25) is 4.68 Å². The summed E-state index contributed by atoms with van der Waals surface area (Å²) >= 11 is 0. The molecule has 2 aromatic rings. The molecule has 0 aliphatic carbocycles. The summed E-state index contributed by atoms with van der Waals surface area (Å²) in [5.74, 6) is 0.463. The predicted octanol–water partition coefficient (Wildman–Crippen LogP) is 2.05. The Morgan fingerprint density at radius 2 is 2.21 bits per heavy atom. The summed E-state index contributed by atoms with van der Waals surface area (Å²) in [4.78, 5) is 0. The maximum atomic E-state index is 12.4. The first-order chi connectivity index (χ1) is 8.99. The summed E-state index contributed by atoms with van der Waals surface area (Å²) in [7, 11) is 0. The molecule has 0 unspecified atom stereocenters. The summed E-state index contributed by atoms with van der Waals surface area (Å²) in [6.07, 6.45) is -3.17. The summed E-state index contributed by atoms with van der Waals surface area (Å²) in [6, 6.07) is 2.62. The Morgan fingerprint density at radius 3 is 2.84 bits per heavy atom. The first kappa shape index (κ1) is 13.6. The van der Waals surface area contributed by atoms with Crippen molar-refractivity contribution in [3.63, 3.8) is 0 Å². The van der Waals surface area contributed by atoms with Gasteiger partial charge in [-0.2, -0.15) is 18.3 Å². The zero-order valence-electron chi connectivity index (χ0n) is 10.2. The highest BCUT2D eigenvalue weighted by atomic mass is 19.4. The summed E-state index contributed by atoms with van der Waals surface area (Å²) in [5.41, 5.74) is -0.208. The van der Waals surface area contributed by atoms with Crippen LogP contribution in [-0.2, 0) is 19.3 Å². The van der Waals surface area contributed by atoms with Gasteiger partial charge in [-0.05, 0) is 12.6 Å². The Hall–Kier alpha value is -1.83. The number of nitrogens with one attached hydrogen (secondary N) is 1. The van der Waals surface area contributed by atoms with Gasteiger partial charge in [-0.25, -0.2) is 0 Å². The standard InChI is InChI=1S/C11H13F3N4O/c1-2-15-6-8-5-9(19-17-8)7-18-4-3-10(16-18)11(12,13)14/h3-5,15H,2,6-7H2,1H3. The second-order valence-electron chi connectivity index (χ2n) is 3.96. The Bertz CT molecular complexity index is 532. The van der Waals surface area contributed by atoms with E-state index in [4.69, 9.17) is 4.52 Å². The van der Waals surface area contributed by atoms with Crippen molar-refractivity contribution in [2.24, 2.45) is 0 Å². The molecule has 104 valence electrons. The van der Waals surface area contributed by atoms with Crippen LogP contribution in [0, 0.1) is 0 Å². The molecule has 2 aromatic heterocycles. The number of halogens is 3. The Balaban J connectivity index is 2.01. The zero-order valence-corrected chi connectivity index (χ0v) is 10.2. The lowest BCUT2D eigenvalue weighted by Crippen LogP contribution is -2.11. The number of hydrogen-bond donors (Lipinski definition) is 1. The molecule has 0 aromatic carbocycles. The van der Waals surface area contributed by atoms with Crippen LogP contribution in [0.25, 0.3) is 0 Å². The van der Waals surface area contributed by atoms with E-state index < -0.39 is 11.9 Å². The average molecular weight is 274 g/mol. The maximum Gasteiger partial charge on any atom is 0.435 e. The van der Waals surface area contributed by atoms with Crippen molar-refractivity contribution < 1.29 is 17.7 Å². The van der Waals surface area contributed by atoms with E-state index >= 15 is 0 Å². The van der Waals surface area contributed by atoms with Gasteiger partial charge in [0, 0.05) is 18.8 Å². The molecular weight excluding hydrogens is 261 g/mol. The third kappa shape index (κ3) is 3.57. The smallest absolute Gasteiger partial charge is 0.359 e. The normalized spacial score (nSPS) is 12.0. The molecule has 8 heteroatoms. The lowest BCUT2D eigenvalue weighted by Gasteiger charge is -2.00. The van der Waals surface area contributed by atoms with Crippen molar-refractivity contribution in [3.05, 3.63) is 35.5 Å². The number of hydrogen-bond acceptors (Lipinski definition) is 4. The van der Waals surface area contributed by atoms with E-state index in [9.17, 15) is 13.2 Å². The molecule has 2 heterocycles. The van der Waals surface area contributed by atoms with E-state index in [1.807, 2.05) is 6.92 Å². The van der Waals surface area contributed by atoms with Crippen LogP contribution in [0.2, 0.25) is 0 Å². The molecule has 1 N–H and O–H groups in total. The molecule has 0 bridgehead atoms. The van der Waals surface area contributed by atoms with Crippen molar-refractivity contribution in [2.45, 2.75) is 26.2 Å². The molecule has 0 amide bonds. The van der Waals surface area contributed by atoms with Gasteiger partial charge in [-0.1, -0.05) is 12.1 Å². The minimum absolute atomic E-state index is 0.120. The lowest BCUT2D eigenvalue weighted by atomic mass is 10.3. The molecule has 0 fully saturated rings. The Kier molecular flexibility index (Phi) is 3.89. The van der Waals surface area contributed by atoms with Gasteiger partial charge in [-0.15, -0.1) is 0 Å². The van der Waals surface area contributed by atoms with Crippen LogP contribution in [0.1, 0.15) is 24.1 Å². The number of aromatic nitrogens is 3. The molecule has 2 rings (SSSR count). The highest BCUT2D eigenvalue weighted by Gasteiger charge is 2.33. The quantitative estimate of drug-likeness (QED) is 0.906. The van der Waals surface area contributed by atoms with E-state index in [-0.39, 0.29) is 6.54 Å². The number of alkyl halides is 3. The Morgan fingerprint density at radius 1 is 1.42 bits per heavy atom. The van der Waals surface area contributed by atoms with Crippen LogP contribution in [0.3, 0.4) is 0 Å². The fraction of sp³-hybridized carbons (Fsp3) is 0.455. The molecule has 0 aliphatic rings. The maximum absolute atomic E-state index is 12.4. The number of rotatable bonds is 5. The van der Waals surface area contributed by atoms with Crippen LogP contribution in [0.4, 0.5) is 13.2 Å². The van der Waals surface area contributed by atoms with E-state index in [1.54, 1.807) is 6.07 Å². The molecule has 0 aliphatic heterocycles. The van der Waals surface area contributed by atoms with Crippen LogP contribution >= 0.6 is 0 Å². The van der Waals surface area contributed by atoms with E-state index in [0.717, 1.165) is 12.6 Å². The zero-order chi connectivity index (χ0) is 13.9. The van der Waals surface area contributed by atoms with Gasteiger partial charge >= 0.3 is 6.18 Å². The van der Waals surface area contributed by atoms with Gasteiger partial charge in [0.05, 0.1) is 5.69 Å². The minimum atomic E-state index is -4.43. The first-order valence-electron chi connectivity index (χ1n) is 5.75. The highest BCUT2D eigenvalue weighted by molar-refractivity contribution is 5.08. The predicted molar refractivity (Wildman–Crippen MR) is 60.2 cm³/mol.